The molecule has 0 aromatic heterocycles. The number of allylic oxidation sites excluding steroid dienone is 3. The van der Waals surface area contributed by atoms with Gasteiger partial charge < -0.3 is 4.74 Å². The highest BCUT2D eigenvalue weighted by atomic mass is 16.5. The van der Waals surface area contributed by atoms with Gasteiger partial charge in [-0.2, -0.15) is 0 Å². The van der Waals surface area contributed by atoms with E-state index < -0.39 is 0 Å². The fraction of sp³-hybridized carbons (Fsp3) is 0.615. The predicted octanol–water partition coefficient (Wildman–Crippen LogP) is 3.24. The number of hydrogen-bond donors (Lipinski definition) is 0. The Labute approximate surface area is 92.0 Å². The van der Waals surface area contributed by atoms with Gasteiger partial charge in [-0.05, 0) is 39.5 Å². The van der Waals surface area contributed by atoms with Crippen molar-refractivity contribution >= 4 is 5.97 Å². The molecule has 84 valence electrons. The van der Waals surface area contributed by atoms with Crippen molar-refractivity contribution in [2.24, 2.45) is 5.41 Å². The lowest BCUT2D eigenvalue weighted by atomic mass is 9.70. The SMILES string of the molecule is C=CC[C@]1(C(=O)OC)CCC(C)=C(C)C1. The number of carbonyl (C=O) groups excluding carboxylic acids is 1. The lowest BCUT2D eigenvalue weighted by Crippen LogP contribution is -2.34. The maximum Gasteiger partial charge on any atom is 0.312 e. The Morgan fingerprint density at radius 1 is 1.53 bits per heavy atom. The van der Waals surface area contributed by atoms with E-state index in [1.54, 1.807) is 0 Å². The lowest BCUT2D eigenvalue weighted by molar-refractivity contribution is -0.153. The molecular formula is C13H20O2. The Hall–Kier alpha value is -1.05. The zero-order chi connectivity index (χ0) is 11.5. The second-order valence-electron chi connectivity index (χ2n) is 4.50. The molecule has 0 aromatic carbocycles. The summed E-state index contributed by atoms with van der Waals surface area (Å²) in [4.78, 5) is 11.8. The molecule has 1 aliphatic rings. The summed E-state index contributed by atoms with van der Waals surface area (Å²) < 4.78 is 4.92. The zero-order valence-corrected chi connectivity index (χ0v) is 9.93. The maximum atomic E-state index is 11.8. The summed E-state index contributed by atoms with van der Waals surface area (Å²) in [7, 11) is 1.47. The molecule has 0 N–H and O–H groups in total. The van der Waals surface area contributed by atoms with Crippen LogP contribution in [0.4, 0.5) is 0 Å². The fourth-order valence-electron chi connectivity index (χ4n) is 2.31. The van der Waals surface area contributed by atoms with E-state index >= 15 is 0 Å². The van der Waals surface area contributed by atoms with Gasteiger partial charge in [0, 0.05) is 0 Å². The van der Waals surface area contributed by atoms with Gasteiger partial charge in [0.2, 0.25) is 0 Å². The standard InChI is InChI=1S/C13H20O2/c1-5-7-13(12(14)15-4)8-6-10(2)11(3)9-13/h5H,1,6-9H2,2-4H3/t13-/m0/s1. The van der Waals surface area contributed by atoms with Gasteiger partial charge in [0.1, 0.15) is 0 Å². The molecule has 0 unspecified atom stereocenters. The van der Waals surface area contributed by atoms with Crippen molar-refractivity contribution in [2.75, 3.05) is 7.11 Å². The third-order valence-electron chi connectivity index (χ3n) is 3.46. The maximum absolute atomic E-state index is 11.8. The largest absolute Gasteiger partial charge is 0.469 e. The first-order chi connectivity index (χ1) is 7.05. The van der Waals surface area contributed by atoms with Gasteiger partial charge in [0.15, 0.2) is 0 Å². The van der Waals surface area contributed by atoms with Crippen LogP contribution in [0, 0.1) is 5.41 Å². The van der Waals surface area contributed by atoms with Crippen molar-refractivity contribution in [1.29, 1.82) is 0 Å². The number of hydrogen-bond acceptors (Lipinski definition) is 2. The molecule has 1 atom stereocenters. The number of carbonyl (C=O) groups is 1. The molecule has 0 bridgehead atoms. The van der Waals surface area contributed by atoms with Crippen LogP contribution in [0.2, 0.25) is 0 Å². The summed E-state index contributed by atoms with van der Waals surface area (Å²) in [6.07, 6.45) is 5.23. The van der Waals surface area contributed by atoms with E-state index in [2.05, 4.69) is 20.4 Å². The molecular weight excluding hydrogens is 188 g/mol. The van der Waals surface area contributed by atoms with Crippen LogP contribution in [-0.2, 0) is 9.53 Å². The average molecular weight is 208 g/mol. The highest BCUT2D eigenvalue weighted by Gasteiger charge is 2.40. The minimum absolute atomic E-state index is 0.0887. The summed E-state index contributed by atoms with van der Waals surface area (Å²) in [5.74, 6) is -0.0887. The summed E-state index contributed by atoms with van der Waals surface area (Å²) >= 11 is 0. The van der Waals surface area contributed by atoms with E-state index in [1.165, 1.54) is 18.3 Å². The second-order valence-corrected chi connectivity index (χ2v) is 4.50. The number of ether oxygens (including phenoxy) is 1. The molecule has 0 heterocycles. The van der Waals surface area contributed by atoms with Gasteiger partial charge in [-0.15, -0.1) is 6.58 Å². The fourth-order valence-corrected chi connectivity index (χ4v) is 2.31. The van der Waals surface area contributed by atoms with Crippen molar-refractivity contribution in [2.45, 2.75) is 39.5 Å². The van der Waals surface area contributed by atoms with E-state index in [1.807, 2.05) is 6.08 Å². The molecule has 1 rings (SSSR count). The van der Waals surface area contributed by atoms with Crippen molar-refractivity contribution in [3.05, 3.63) is 23.8 Å². The van der Waals surface area contributed by atoms with E-state index in [0.29, 0.717) is 6.42 Å². The number of methoxy groups -OCH3 is 1. The van der Waals surface area contributed by atoms with Crippen LogP contribution in [0.25, 0.3) is 0 Å². The minimum atomic E-state index is -0.347. The van der Waals surface area contributed by atoms with Crippen molar-refractivity contribution in [3.63, 3.8) is 0 Å². The van der Waals surface area contributed by atoms with E-state index in [4.69, 9.17) is 4.74 Å². The number of esters is 1. The summed E-state index contributed by atoms with van der Waals surface area (Å²) in [5, 5.41) is 0. The molecule has 0 aliphatic heterocycles. The van der Waals surface area contributed by atoms with Crippen molar-refractivity contribution in [3.8, 4) is 0 Å². The smallest absolute Gasteiger partial charge is 0.312 e. The van der Waals surface area contributed by atoms with E-state index in [0.717, 1.165) is 19.3 Å². The monoisotopic (exact) mass is 208 g/mol. The second kappa shape index (κ2) is 4.65. The Balaban J connectivity index is 2.95. The third kappa shape index (κ3) is 2.31. The first-order valence-corrected chi connectivity index (χ1v) is 5.40. The normalized spacial score (nSPS) is 26.3. The summed E-state index contributed by atoms with van der Waals surface area (Å²) in [6, 6.07) is 0. The highest BCUT2D eigenvalue weighted by molar-refractivity contribution is 5.77. The predicted molar refractivity (Wildman–Crippen MR) is 61.5 cm³/mol. The molecule has 0 aromatic rings. The van der Waals surface area contributed by atoms with Gasteiger partial charge in [0.25, 0.3) is 0 Å². The zero-order valence-electron chi connectivity index (χ0n) is 9.93. The molecule has 0 spiro atoms. The van der Waals surface area contributed by atoms with Crippen LogP contribution in [0.15, 0.2) is 23.8 Å². The lowest BCUT2D eigenvalue weighted by Gasteiger charge is -2.34. The van der Waals surface area contributed by atoms with Crippen LogP contribution in [-0.4, -0.2) is 13.1 Å². The quantitative estimate of drug-likeness (QED) is 0.525. The Morgan fingerprint density at radius 2 is 2.20 bits per heavy atom. The van der Waals surface area contributed by atoms with Crippen molar-refractivity contribution < 1.29 is 9.53 Å². The Morgan fingerprint density at radius 3 is 2.67 bits per heavy atom. The molecule has 0 saturated heterocycles. The molecule has 0 fully saturated rings. The Kier molecular flexibility index (Phi) is 3.72. The summed E-state index contributed by atoms with van der Waals surface area (Å²) in [5.41, 5.74) is 2.40. The topological polar surface area (TPSA) is 26.3 Å². The number of rotatable bonds is 3. The third-order valence-corrected chi connectivity index (χ3v) is 3.46. The minimum Gasteiger partial charge on any atom is -0.469 e. The van der Waals surface area contributed by atoms with Gasteiger partial charge in [-0.25, -0.2) is 0 Å². The average Bonchev–Trinajstić information content (AvgIpc) is 2.23. The molecule has 0 radical (unpaired) electrons. The molecule has 0 saturated carbocycles. The first-order valence-electron chi connectivity index (χ1n) is 5.40. The van der Waals surface area contributed by atoms with Gasteiger partial charge in [0.05, 0.1) is 12.5 Å². The van der Waals surface area contributed by atoms with Crippen LogP contribution < -0.4 is 0 Å². The van der Waals surface area contributed by atoms with Crippen LogP contribution in [0.3, 0.4) is 0 Å². The molecule has 1 aliphatic carbocycles. The Bertz CT molecular complexity index is 302. The van der Waals surface area contributed by atoms with Crippen LogP contribution in [0.1, 0.15) is 39.5 Å². The van der Waals surface area contributed by atoms with Crippen LogP contribution in [0.5, 0.6) is 0 Å². The van der Waals surface area contributed by atoms with Gasteiger partial charge in [-0.1, -0.05) is 17.2 Å². The molecule has 2 nitrogen and oxygen atoms in total. The first kappa shape index (κ1) is 12.0. The van der Waals surface area contributed by atoms with Gasteiger partial charge >= 0.3 is 5.97 Å². The van der Waals surface area contributed by atoms with Gasteiger partial charge in [-0.3, -0.25) is 4.79 Å². The summed E-state index contributed by atoms with van der Waals surface area (Å²) in [6.45, 7) is 7.99. The van der Waals surface area contributed by atoms with Crippen molar-refractivity contribution in [1.82, 2.24) is 0 Å². The van der Waals surface area contributed by atoms with Crippen LogP contribution >= 0.6 is 0 Å². The molecule has 0 amide bonds. The van der Waals surface area contributed by atoms with E-state index in [-0.39, 0.29) is 11.4 Å². The van der Waals surface area contributed by atoms with E-state index in [9.17, 15) is 4.79 Å². The molecule has 15 heavy (non-hydrogen) atoms. The molecule has 2 heteroatoms. The highest BCUT2D eigenvalue weighted by Crippen LogP contribution is 2.42.